The highest BCUT2D eigenvalue weighted by molar-refractivity contribution is 9.09. The summed E-state index contributed by atoms with van der Waals surface area (Å²) in [5.74, 6) is 0.743. The van der Waals surface area contributed by atoms with Crippen LogP contribution in [0, 0.1) is 0 Å². The number of hydrogen-bond acceptors (Lipinski definition) is 4. The molecule has 0 aromatic carbocycles. The topological polar surface area (TPSA) is 56.5 Å². The molecule has 0 aliphatic carbocycles. The minimum atomic E-state index is 0.566. The molecule has 0 fully saturated rings. The molecule has 0 saturated carbocycles. The number of alkyl halides is 1. The van der Waals surface area contributed by atoms with Gasteiger partial charge in [0, 0.05) is 30.3 Å². The van der Waals surface area contributed by atoms with Gasteiger partial charge in [-0.25, -0.2) is 14.6 Å². The van der Waals surface area contributed by atoms with Gasteiger partial charge >= 0.3 is 0 Å². The minimum absolute atomic E-state index is 0.566. The van der Waals surface area contributed by atoms with Crippen molar-refractivity contribution >= 4 is 15.9 Å². The maximum Gasteiger partial charge on any atom is 0.149 e. The number of aryl methyl sites for hydroxylation is 1. The summed E-state index contributed by atoms with van der Waals surface area (Å²) in [7, 11) is 0. The Bertz CT molecular complexity index is 413. The maximum absolute atomic E-state index is 4.12. The number of hydrogen-bond donors (Lipinski definition) is 0. The van der Waals surface area contributed by atoms with E-state index in [2.05, 4.69) is 36.2 Å². The average Bonchev–Trinajstić information content (AvgIpc) is 2.68. The average molecular weight is 268 g/mol. The van der Waals surface area contributed by atoms with Crippen LogP contribution in [0.5, 0.6) is 0 Å². The third-order valence-electron chi connectivity index (χ3n) is 1.86. The Kier molecular flexibility index (Phi) is 3.39. The van der Waals surface area contributed by atoms with Crippen molar-refractivity contribution in [1.29, 1.82) is 0 Å². The van der Waals surface area contributed by atoms with Crippen molar-refractivity contribution in [3.63, 3.8) is 0 Å². The van der Waals surface area contributed by atoms with Crippen LogP contribution in [0.15, 0.2) is 24.7 Å². The number of halogens is 1. The quantitative estimate of drug-likeness (QED) is 0.778. The van der Waals surface area contributed by atoms with E-state index in [1.807, 2.05) is 6.20 Å². The summed E-state index contributed by atoms with van der Waals surface area (Å²) in [5.41, 5.74) is 0.975. The molecule has 0 saturated heterocycles. The minimum Gasteiger partial charge on any atom is -0.245 e. The van der Waals surface area contributed by atoms with Gasteiger partial charge < -0.3 is 0 Å². The first-order chi connectivity index (χ1) is 7.38. The van der Waals surface area contributed by atoms with E-state index in [0.29, 0.717) is 6.54 Å². The van der Waals surface area contributed by atoms with E-state index in [4.69, 9.17) is 0 Å². The highest BCUT2D eigenvalue weighted by Gasteiger charge is 2.01. The molecule has 78 valence electrons. The van der Waals surface area contributed by atoms with Gasteiger partial charge in [-0.15, -0.1) is 5.10 Å². The number of nitrogens with zero attached hydrogens (tertiary/aromatic N) is 5. The molecule has 6 heteroatoms. The summed E-state index contributed by atoms with van der Waals surface area (Å²) in [6, 6.07) is 1.79. The van der Waals surface area contributed by atoms with E-state index in [1.165, 1.54) is 0 Å². The SMILES string of the molecule is BrCCc1cn(Cc2ncccn2)nn1. The van der Waals surface area contributed by atoms with Gasteiger partial charge in [-0.3, -0.25) is 0 Å². The molecule has 0 atom stereocenters. The lowest BCUT2D eigenvalue weighted by Crippen LogP contribution is -2.04. The van der Waals surface area contributed by atoms with Crippen LogP contribution in [-0.2, 0) is 13.0 Å². The first-order valence-corrected chi connectivity index (χ1v) is 5.71. The van der Waals surface area contributed by atoms with Crippen LogP contribution < -0.4 is 0 Å². The van der Waals surface area contributed by atoms with Crippen LogP contribution in [-0.4, -0.2) is 30.3 Å². The van der Waals surface area contributed by atoms with Gasteiger partial charge in [0.15, 0.2) is 0 Å². The fourth-order valence-electron chi connectivity index (χ4n) is 1.18. The molecule has 15 heavy (non-hydrogen) atoms. The van der Waals surface area contributed by atoms with Crippen molar-refractivity contribution in [2.75, 3.05) is 5.33 Å². The standard InChI is InChI=1S/C9H10BrN5/c10-3-2-8-6-15(14-13-8)7-9-11-4-1-5-12-9/h1,4-6H,2-3,7H2. The largest absolute Gasteiger partial charge is 0.245 e. The molecule has 0 bridgehead atoms. The van der Waals surface area contributed by atoms with E-state index in [1.54, 1.807) is 23.1 Å². The van der Waals surface area contributed by atoms with Gasteiger partial charge in [0.2, 0.25) is 0 Å². The van der Waals surface area contributed by atoms with Gasteiger partial charge in [-0.2, -0.15) is 0 Å². The molecule has 0 radical (unpaired) electrons. The molecule has 0 unspecified atom stereocenters. The fraction of sp³-hybridized carbons (Fsp3) is 0.333. The Labute approximate surface area is 95.7 Å². The summed E-state index contributed by atoms with van der Waals surface area (Å²) in [6.07, 6.45) is 6.24. The lowest BCUT2D eigenvalue weighted by atomic mass is 10.4. The maximum atomic E-state index is 4.12. The van der Waals surface area contributed by atoms with E-state index in [-0.39, 0.29) is 0 Å². The monoisotopic (exact) mass is 267 g/mol. The summed E-state index contributed by atoms with van der Waals surface area (Å²) in [4.78, 5) is 8.24. The predicted octanol–water partition coefficient (Wildman–Crippen LogP) is 1.05. The molecule has 5 nitrogen and oxygen atoms in total. The molecule has 0 spiro atoms. The molecule has 2 aromatic rings. The van der Waals surface area contributed by atoms with Crippen LogP contribution in [0.3, 0.4) is 0 Å². The second-order valence-electron chi connectivity index (χ2n) is 3.01. The zero-order valence-corrected chi connectivity index (χ0v) is 9.63. The van der Waals surface area contributed by atoms with Gasteiger partial charge in [0.1, 0.15) is 12.4 Å². The highest BCUT2D eigenvalue weighted by atomic mass is 79.9. The zero-order chi connectivity index (χ0) is 10.5. The summed E-state index contributed by atoms with van der Waals surface area (Å²) >= 11 is 3.36. The third kappa shape index (κ3) is 2.82. The molecule has 0 aliphatic rings. The second-order valence-corrected chi connectivity index (χ2v) is 3.80. The van der Waals surface area contributed by atoms with Crippen LogP contribution in [0.4, 0.5) is 0 Å². The van der Waals surface area contributed by atoms with Gasteiger partial charge in [0.05, 0.1) is 5.69 Å². The second kappa shape index (κ2) is 4.97. The molecule has 0 amide bonds. The van der Waals surface area contributed by atoms with Crippen molar-refractivity contribution in [2.45, 2.75) is 13.0 Å². The lowest BCUT2D eigenvalue weighted by Gasteiger charge is -1.97. The predicted molar refractivity (Wildman–Crippen MR) is 58.7 cm³/mol. The Balaban J connectivity index is 2.05. The van der Waals surface area contributed by atoms with E-state index in [0.717, 1.165) is 23.3 Å². The molecule has 2 rings (SSSR count). The fourth-order valence-corrected chi connectivity index (χ4v) is 1.59. The highest BCUT2D eigenvalue weighted by Crippen LogP contribution is 1.99. The van der Waals surface area contributed by atoms with Gasteiger partial charge in [-0.05, 0) is 6.07 Å². The lowest BCUT2D eigenvalue weighted by molar-refractivity contribution is 0.624. The van der Waals surface area contributed by atoms with Crippen molar-refractivity contribution in [2.24, 2.45) is 0 Å². The Morgan fingerprint density at radius 2 is 2.07 bits per heavy atom. The van der Waals surface area contributed by atoms with Crippen LogP contribution in [0.2, 0.25) is 0 Å². The van der Waals surface area contributed by atoms with E-state index in [9.17, 15) is 0 Å². The molecule has 2 heterocycles. The Morgan fingerprint density at radius 3 is 2.80 bits per heavy atom. The van der Waals surface area contributed by atoms with Gasteiger partial charge in [-0.1, -0.05) is 21.1 Å². The van der Waals surface area contributed by atoms with Crippen molar-refractivity contribution < 1.29 is 0 Å². The Hall–Kier alpha value is -1.30. The van der Waals surface area contributed by atoms with Crippen molar-refractivity contribution in [3.8, 4) is 0 Å². The van der Waals surface area contributed by atoms with E-state index < -0.39 is 0 Å². The summed E-state index contributed by atoms with van der Waals surface area (Å²) in [5, 5.41) is 8.92. The molecular weight excluding hydrogens is 258 g/mol. The van der Waals surface area contributed by atoms with Crippen LogP contribution in [0.25, 0.3) is 0 Å². The zero-order valence-electron chi connectivity index (χ0n) is 8.04. The number of aromatic nitrogens is 5. The van der Waals surface area contributed by atoms with E-state index >= 15 is 0 Å². The summed E-state index contributed by atoms with van der Waals surface area (Å²) < 4.78 is 1.74. The Morgan fingerprint density at radius 1 is 1.27 bits per heavy atom. The normalized spacial score (nSPS) is 10.5. The first-order valence-electron chi connectivity index (χ1n) is 4.59. The first kappa shape index (κ1) is 10.2. The summed E-state index contributed by atoms with van der Waals surface area (Å²) in [6.45, 7) is 0.566. The number of rotatable bonds is 4. The molecule has 0 aliphatic heterocycles. The van der Waals surface area contributed by atoms with Crippen molar-refractivity contribution in [1.82, 2.24) is 25.0 Å². The van der Waals surface area contributed by atoms with Crippen LogP contribution in [0.1, 0.15) is 11.5 Å². The molecular formula is C9H10BrN5. The third-order valence-corrected chi connectivity index (χ3v) is 2.26. The molecule has 0 N–H and O–H groups in total. The van der Waals surface area contributed by atoms with Crippen LogP contribution >= 0.6 is 15.9 Å². The molecule has 2 aromatic heterocycles. The van der Waals surface area contributed by atoms with Crippen molar-refractivity contribution in [3.05, 3.63) is 36.2 Å². The smallest absolute Gasteiger partial charge is 0.149 e. The van der Waals surface area contributed by atoms with Gasteiger partial charge in [0.25, 0.3) is 0 Å².